The van der Waals surface area contributed by atoms with Crippen LogP contribution in [0.5, 0.6) is 0 Å². The molecule has 1 aromatic heterocycles. The third kappa shape index (κ3) is 3.48. The van der Waals surface area contributed by atoms with Crippen LogP contribution in [0.3, 0.4) is 0 Å². The van der Waals surface area contributed by atoms with Gasteiger partial charge in [0.1, 0.15) is 11.9 Å². The van der Waals surface area contributed by atoms with E-state index in [2.05, 4.69) is 25.1 Å². The monoisotopic (exact) mass is 355 g/mol. The zero-order chi connectivity index (χ0) is 18.7. The number of carbonyl (C=O) groups is 2. The van der Waals surface area contributed by atoms with E-state index < -0.39 is 6.04 Å². The fourth-order valence-electron chi connectivity index (χ4n) is 3.24. The normalized spacial score (nSPS) is 15.2. The van der Waals surface area contributed by atoms with E-state index in [1.54, 1.807) is 7.05 Å². The first-order valence-corrected chi connectivity index (χ1v) is 8.91. The highest BCUT2D eigenvalue weighted by molar-refractivity contribution is 5.97. The number of fused-ring (bicyclic) bond motifs is 1. The highest BCUT2D eigenvalue weighted by Gasteiger charge is 2.28. The molecule has 2 heterocycles. The minimum Gasteiger partial charge on any atom is -0.357 e. The van der Waals surface area contributed by atoms with E-state index >= 15 is 0 Å². The molecule has 0 fully saturated rings. The van der Waals surface area contributed by atoms with Crippen LogP contribution >= 0.6 is 0 Å². The van der Waals surface area contributed by atoms with Gasteiger partial charge in [-0.3, -0.25) is 14.5 Å². The molecule has 0 radical (unpaired) electrons. The predicted octanol–water partition coefficient (Wildman–Crippen LogP) is 1.25. The summed E-state index contributed by atoms with van der Waals surface area (Å²) < 4.78 is 2.12. The highest BCUT2D eigenvalue weighted by Crippen LogP contribution is 2.26. The molecule has 26 heavy (non-hydrogen) atoms. The van der Waals surface area contributed by atoms with E-state index in [1.807, 2.05) is 44.3 Å². The van der Waals surface area contributed by atoms with Crippen LogP contribution < -0.4 is 10.6 Å². The minimum absolute atomic E-state index is 0.200. The van der Waals surface area contributed by atoms with E-state index in [-0.39, 0.29) is 11.8 Å². The predicted molar refractivity (Wildman–Crippen MR) is 99.6 cm³/mol. The fraction of sp³-hybridized carbons (Fsp3) is 0.421. The molecular weight excluding hydrogens is 330 g/mol. The van der Waals surface area contributed by atoms with Gasteiger partial charge in [0, 0.05) is 32.2 Å². The number of hydrogen-bond acceptors (Lipinski definition) is 4. The maximum absolute atomic E-state index is 12.9. The van der Waals surface area contributed by atoms with Gasteiger partial charge in [0.15, 0.2) is 5.69 Å². The van der Waals surface area contributed by atoms with Gasteiger partial charge in [-0.25, -0.2) is 4.98 Å². The summed E-state index contributed by atoms with van der Waals surface area (Å²) in [7, 11) is 3.60. The van der Waals surface area contributed by atoms with E-state index in [4.69, 9.17) is 0 Å². The van der Waals surface area contributed by atoms with Crippen LogP contribution in [0, 0.1) is 0 Å². The van der Waals surface area contributed by atoms with Crippen molar-refractivity contribution in [3.63, 3.8) is 0 Å². The summed E-state index contributed by atoms with van der Waals surface area (Å²) >= 11 is 0. The first kappa shape index (κ1) is 18.1. The quantitative estimate of drug-likeness (QED) is 0.846. The maximum atomic E-state index is 12.9. The van der Waals surface area contributed by atoms with Crippen molar-refractivity contribution in [1.82, 2.24) is 25.1 Å². The van der Waals surface area contributed by atoms with Gasteiger partial charge in [0.2, 0.25) is 5.91 Å². The average Bonchev–Trinajstić information content (AvgIpc) is 3.04. The Morgan fingerprint density at radius 3 is 2.62 bits per heavy atom. The van der Waals surface area contributed by atoms with Gasteiger partial charge >= 0.3 is 0 Å². The molecule has 2 N–H and O–H groups in total. The van der Waals surface area contributed by atoms with Crippen LogP contribution in [0.25, 0.3) is 11.4 Å². The van der Waals surface area contributed by atoms with Gasteiger partial charge < -0.3 is 15.2 Å². The number of aromatic nitrogens is 2. The molecule has 7 nitrogen and oxygen atoms in total. The van der Waals surface area contributed by atoms with E-state index in [0.717, 1.165) is 30.2 Å². The summed E-state index contributed by atoms with van der Waals surface area (Å²) in [6, 6.07) is 9.31. The van der Waals surface area contributed by atoms with Crippen LogP contribution in [-0.2, 0) is 17.9 Å². The molecule has 1 aliphatic heterocycles. The Bertz CT molecular complexity index is 800. The molecule has 0 saturated heterocycles. The van der Waals surface area contributed by atoms with Crippen molar-refractivity contribution in [2.75, 3.05) is 20.6 Å². The fourth-order valence-corrected chi connectivity index (χ4v) is 3.24. The van der Waals surface area contributed by atoms with Crippen LogP contribution in [-0.4, -0.2) is 52.9 Å². The van der Waals surface area contributed by atoms with Gasteiger partial charge in [-0.15, -0.1) is 0 Å². The highest BCUT2D eigenvalue weighted by atomic mass is 16.2. The molecule has 0 bridgehead atoms. The second-order valence-corrected chi connectivity index (χ2v) is 6.53. The van der Waals surface area contributed by atoms with Crippen LogP contribution in [0.1, 0.15) is 29.5 Å². The van der Waals surface area contributed by atoms with Crippen molar-refractivity contribution in [2.24, 2.45) is 0 Å². The summed E-state index contributed by atoms with van der Waals surface area (Å²) in [5.41, 5.74) is 2.27. The molecule has 1 aromatic carbocycles. The largest absolute Gasteiger partial charge is 0.357 e. The lowest BCUT2D eigenvalue weighted by Crippen LogP contribution is -2.45. The molecule has 0 unspecified atom stereocenters. The molecule has 7 heteroatoms. The van der Waals surface area contributed by atoms with Crippen LogP contribution in [0.2, 0.25) is 0 Å². The summed E-state index contributed by atoms with van der Waals surface area (Å²) in [5, 5.41) is 5.40. The number of nitrogens with zero attached hydrogens (tertiary/aromatic N) is 3. The Morgan fingerprint density at radius 1 is 1.23 bits per heavy atom. The molecular formula is C19H25N5O2. The number of imidazole rings is 1. The van der Waals surface area contributed by atoms with Gasteiger partial charge in [0.25, 0.3) is 5.91 Å². The lowest BCUT2D eigenvalue weighted by molar-refractivity contribution is -0.122. The van der Waals surface area contributed by atoms with Gasteiger partial charge in [0.05, 0.1) is 5.69 Å². The lowest BCUT2D eigenvalue weighted by atomic mass is 10.2. The van der Waals surface area contributed by atoms with Gasteiger partial charge in [-0.05, 0) is 13.5 Å². The Morgan fingerprint density at radius 2 is 1.96 bits per heavy atom. The number of likely N-dealkylation sites (N-methyl/N-ethyl adjacent to an activating group) is 2. The first-order chi connectivity index (χ1) is 12.5. The number of carbonyl (C=O) groups excluding carboxylic acids is 2. The zero-order valence-corrected chi connectivity index (χ0v) is 15.5. The van der Waals surface area contributed by atoms with Crippen molar-refractivity contribution in [2.45, 2.75) is 32.5 Å². The molecule has 138 valence electrons. The summed E-state index contributed by atoms with van der Waals surface area (Å²) in [5.74, 6) is 0.294. The zero-order valence-electron chi connectivity index (χ0n) is 15.5. The topological polar surface area (TPSA) is 79.3 Å². The second kappa shape index (κ2) is 7.70. The Labute approximate surface area is 153 Å². The molecule has 0 aliphatic carbocycles. The molecule has 3 rings (SSSR count). The molecule has 0 saturated carbocycles. The Kier molecular flexibility index (Phi) is 5.37. The van der Waals surface area contributed by atoms with Crippen LogP contribution in [0.4, 0.5) is 0 Å². The van der Waals surface area contributed by atoms with Gasteiger partial charge in [-0.2, -0.15) is 0 Å². The number of rotatable bonds is 5. The van der Waals surface area contributed by atoms with Crippen molar-refractivity contribution in [3.05, 3.63) is 41.7 Å². The minimum atomic E-state index is -0.564. The molecule has 1 aliphatic rings. The van der Waals surface area contributed by atoms with E-state index in [1.165, 1.54) is 0 Å². The SMILES string of the molecule is CC[C@H](NC(=O)c1nc(-c2ccccc2)n2c1CN(C)CC2)C(=O)NC. The molecule has 0 spiro atoms. The van der Waals surface area contributed by atoms with Crippen molar-refractivity contribution in [3.8, 4) is 11.4 Å². The second-order valence-electron chi connectivity index (χ2n) is 6.53. The van der Waals surface area contributed by atoms with Crippen LogP contribution in [0.15, 0.2) is 30.3 Å². The van der Waals surface area contributed by atoms with Crippen molar-refractivity contribution >= 4 is 11.8 Å². The number of hydrogen-bond donors (Lipinski definition) is 2. The standard InChI is InChI=1S/C19H25N5O2/c1-4-14(18(25)20-2)21-19(26)16-15-12-23(3)10-11-24(15)17(22-16)13-8-6-5-7-9-13/h5-9,14H,4,10-12H2,1-3H3,(H,20,25)(H,21,26)/t14-/m0/s1. The molecule has 2 amide bonds. The van der Waals surface area contributed by atoms with E-state index in [9.17, 15) is 9.59 Å². The number of amides is 2. The molecule has 2 aromatic rings. The maximum Gasteiger partial charge on any atom is 0.272 e. The summed E-state index contributed by atoms with van der Waals surface area (Å²) in [6.07, 6.45) is 0.521. The van der Waals surface area contributed by atoms with Crippen molar-refractivity contribution in [1.29, 1.82) is 0 Å². The summed E-state index contributed by atoms with van der Waals surface area (Å²) in [4.78, 5) is 31.6. The summed E-state index contributed by atoms with van der Waals surface area (Å²) in [6.45, 7) is 4.20. The Balaban J connectivity index is 1.98. The third-order valence-corrected chi connectivity index (χ3v) is 4.72. The van der Waals surface area contributed by atoms with Gasteiger partial charge in [-0.1, -0.05) is 37.3 Å². The van der Waals surface area contributed by atoms with Crippen molar-refractivity contribution < 1.29 is 9.59 Å². The smallest absolute Gasteiger partial charge is 0.272 e. The Hall–Kier alpha value is -2.67. The van der Waals surface area contributed by atoms with E-state index in [0.29, 0.717) is 18.7 Å². The lowest BCUT2D eigenvalue weighted by Gasteiger charge is -2.26. The average molecular weight is 355 g/mol. The number of benzene rings is 1. The molecule has 1 atom stereocenters. The third-order valence-electron chi connectivity index (χ3n) is 4.72. The number of nitrogens with one attached hydrogen (secondary N) is 2. The first-order valence-electron chi connectivity index (χ1n) is 8.91.